The summed E-state index contributed by atoms with van der Waals surface area (Å²) in [5.41, 5.74) is 1.04. The molecule has 1 aromatic carbocycles. The van der Waals surface area contributed by atoms with Crippen molar-refractivity contribution in [3.05, 3.63) is 29.8 Å². The van der Waals surface area contributed by atoms with Crippen LogP contribution in [0.15, 0.2) is 24.3 Å². The second-order valence-corrected chi connectivity index (χ2v) is 7.12. The van der Waals surface area contributed by atoms with E-state index in [0.717, 1.165) is 24.9 Å². The minimum atomic E-state index is -0.623. The monoisotopic (exact) mass is 402 g/mol. The van der Waals surface area contributed by atoms with E-state index in [-0.39, 0.29) is 12.5 Å². The number of likely N-dealkylation sites (tertiary alicyclic amines) is 1. The molecule has 1 atom stereocenters. The van der Waals surface area contributed by atoms with Gasteiger partial charge in [-0.25, -0.2) is 9.59 Å². The van der Waals surface area contributed by atoms with Crippen LogP contribution in [0, 0.1) is 0 Å². The summed E-state index contributed by atoms with van der Waals surface area (Å²) >= 11 is 0. The van der Waals surface area contributed by atoms with Crippen LogP contribution < -0.4 is 4.90 Å². The number of esters is 2. The molecule has 0 aromatic heterocycles. The molecule has 0 saturated carbocycles. The van der Waals surface area contributed by atoms with Crippen LogP contribution in [-0.2, 0) is 23.9 Å². The molecule has 1 aromatic rings. The van der Waals surface area contributed by atoms with Crippen molar-refractivity contribution in [3.8, 4) is 0 Å². The van der Waals surface area contributed by atoms with Gasteiger partial charge in [-0.2, -0.15) is 0 Å². The highest BCUT2D eigenvalue weighted by molar-refractivity contribution is 5.96. The van der Waals surface area contributed by atoms with Crippen molar-refractivity contribution >= 4 is 29.4 Å². The highest BCUT2D eigenvalue weighted by Crippen LogP contribution is 2.22. The van der Waals surface area contributed by atoms with Crippen LogP contribution in [0.1, 0.15) is 49.4 Å². The van der Waals surface area contributed by atoms with Crippen molar-refractivity contribution in [2.75, 3.05) is 31.2 Å². The summed E-state index contributed by atoms with van der Waals surface area (Å²) in [7, 11) is 0. The standard InChI is InChI=1S/C21H26N2O6/c1-2-28-21(27)17-6-3-4-12-23(17)19(25)14-29-20(26)15-8-10-16(11-9-15)22-13-5-7-18(22)24/h8-11,17H,2-7,12-14H2,1H3/t17-/m1/s1. The highest BCUT2D eigenvalue weighted by Gasteiger charge is 2.33. The molecule has 0 unspecified atom stereocenters. The molecule has 29 heavy (non-hydrogen) atoms. The van der Waals surface area contributed by atoms with Gasteiger partial charge in [0.15, 0.2) is 6.61 Å². The van der Waals surface area contributed by atoms with Crippen LogP contribution in [0.3, 0.4) is 0 Å². The fourth-order valence-electron chi connectivity index (χ4n) is 3.71. The molecular formula is C21H26N2O6. The Morgan fingerprint density at radius 2 is 1.79 bits per heavy atom. The Morgan fingerprint density at radius 3 is 2.45 bits per heavy atom. The number of carbonyl (C=O) groups excluding carboxylic acids is 4. The maximum atomic E-state index is 12.5. The van der Waals surface area contributed by atoms with Gasteiger partial charge in [0.25, 0.3) is 5.91 Å². The van der Waals surface area contributed by atoms with Crippen LogP contribution >= 0.6 is 0 Å². The van der Waals surface area contributed by atoms with Gasteiger partial charge in [0.05, 0.1) is 12.2 Å². The Bertz CT molecular complexity index is 776. The average molecular weight is 402 g/mol. The van der Waals surface area contributed by atoms with E-state index < -0.39 is 30.5 Å². The van der Waals surface area contributed by atoms with E-state index in [9.17, 15) is 19.2 Å². The summed E-state index contributed by atoms with van der Waals surface area (Å²) in [5, 5.41) is 0. The van der Waals surface area contributed by atoms with E-state index in [4.69, 9.17) is 9.47 Å². The van der Waals surface area contributed by atoms with Crippen molar-refractivity contribution in [3.63, 3.8) is 0 Å². The fourth-order valence-corrected chi connectivity index (χ4v) is 3.71. The molecule has 2 heterocycles. The molecule has 3 rings (SSSR count). The molecule has 2 aliphatic heterocycles. The van der Waals surface area contributed by atoms with Crippen LogP contribution in [0.5, 0.6) is 0 Å². The number of hydrogen-bond acceptors (Lipinski definition) is 6. The third kappa shape index (κ3) is 4.93. The molecular weight excluding hydrogens is 376 g/mol. The zero-order valence-corrected chi connectivity index (χ0v) is 16.6. The van der Waals surface area contributed by atoms with E-state index in [1.165, 1.54) is 4.90 Å². The SMILES string of the molecule is CCOC(=O)[C@H]1CCCCN1C(=O)COC(=O)c1ccc(N2CCCC2=O)cc1. The number of piperidine rings is 1. The summed E-state index contributed by atoms with van der Waals surface area (Å²) in [4.78, 5) is 51.8. The first-order valence-corrected chi connectivity index (χ1v) is 10.0. The molecule has 2 fully saturated rings. The number of carbonyl (C=O) groups is 4. The minimum absolute atomic E-state index is 0.0728. The van der Waals surface area contributed by atoms with Gasteiger partial charge in [0.1, 0.15) is 6.04 Å². The summed E-state index contributed by atoms with van der Waals surface area (Å²) in [6.07, 6.45) is 3.56. The number of ether oxygens (including phenoxy) is 2. The van der Waals surface area contributed by atoms with Crippen molar-refractivity contribution in [2.24, 2.45) is 0 Å². The van der Waals surface area contributed by atoms with E-state index in [1.807, 2.05) is 0 Å². The summed E-state index contributed by atoms with van der Waals surface area (Å²) in [6, 6.07) is 5.94. The van der Waals surface area contributed by atoms with Gasteiger partial charge >= 0.3 is 11.9 Å². The lowest BCUT2D eigenvalue weighted by Gasteiger charge is -2.33. The number of nitrogens with zero attached hydrogens (tertiary/aromatic N) is 2. The average Bonchev–Trinajstić information content (AvgIpc) is 3.18. The second-order valence-electron chi connectivity index (χ2n) is 7.12. The topological polar surface area (TPSA) is 93.2 Å². The smallest absolute Gasteiger partial charge is 0.338 e. The van der Waals surface area contributed by atoms with Gasteiger partial charge in [-0.1, -0.05) is 0 Å². The first-order chi connectivity index (χ1) is 14.0. The molecule has 2 amide bonds. The maximum Gasteiger partial charge on any atom is 0.338 e. The second kappa shape index (κ2) is 9.54. The van der Waals surface area contributed by atoms with Crippen molar-refractivity contribution < 1.29 is 28.7 Å². The fraction of sp³-hybridized carbons (Fsp3) is 0.524. The Morgan fingerprint density at radius 1 is 1.03 bits per heavy atom. The molecule has 0 aliphatic carbocycles. The predicted octanol–water partition coefficient (Wildman–Crippen LogP) is 1.91. The Labute approximate surface area is 169 Å². The van der Waals surface area contributed by atoms with E-state index in [2.05, 4.69) is 0 Å². The summed E-state index contributed by atoms with van der Waals surface area (Å²) < 4.78 is 10.2. The Kier molecular flexibility index (Phi) is 6.85. The van der Waals surface area contributed by atoms with Crippen molar-refractivity contribution in [2.45, 2.75) is 45.1 Å². The first-order valence-electron chi connectivity index (χ1n) is 10.0. The van der Waals surface area contributed by atoms with Gasteiger partial charge in [-0.05, 0) is 56.9 Å². The lowest BCUT2D eigenvalue weighted by molar-refractivity contribution is -0.157. The molecule has 156 valence electrons. The van der Waals surface area contributed by atoms with E-state index >= 15 is 0 Å². The van der Waals surface area contributed by atoms with Crippen LogP contribution in [0.4, 0.5) is 5.69 Å². The molecule has 0 bridgehead atoms. The Balaban J connectivity index is 1.55. The third-order valence-corrected chi connectivity index (χ3v) is 5.20. The Hall–Kier alpha value is -2.90. The number of amides is 2. The maximum absolute atomic E-state index is 12.5. The van der Waals surface area contributed by atoms with Crippen molar-refractivity contribution in [1.82, 2.24) is 4.90 Å². The van der Waals surface area contributed by atoms with Gasteiger partial charge < -0.3 is 19.3 Å². The normalized spacial score (nSPS) is 19.2. The zero-order valence-electron chi connectivity index (χ0n) is 16.6. The minimum Gasteiger partial charge on any atom is -0.464 e. The van der Waals surface area contributed by atoms with Gasteiger partial charge in [0.2, 0.25) is 5.91 Å². The summed E-state index contributed by atoms with van der Waals surface area (Å²) in [6.45, 7) is 2.67. The molecule has 0 N–H and O–H groups in total. The van der Waals surface area contributed by atoms with Gasteiger partial charge in [0, 0.05) is 25.2 Å². The highest BCUT2D eigenvalue weighted by atomic mass is 16.5. The van der Waals surface area contributed by atoms with E-state index in [0.29, 0.717) is 31.5 Å². The van der Waals surface area contributed by atoms with Gasteiger partial charge in [-0.15, -0.1) is 0 Å². The molecule has 8 heteroatoms. The van der Waals surface area contributed by atoms with Crippen molar-refractivity contribution in [1.29, 1.82) is 0 Å². The number of rotatable bonds is 6. The van der Waals surface area contributed by atoms with Crippen LogP contribution in [0.25, 0.3) is 0 Å². The number of hydrogen-bond donors (Lipinski definition) is 0. The quantitative estimate of drug-likeness (QED) is 0.675. The number of benzene rings is 1. The third-order valence-electron chi connectivity index (χ3n) is 5.20. The lowest BCUT2D eigenvalue weighted by atomic mass is 10.0. The molecule has 2 saturated heterocycles. The largest absolute Gasteiger partial charge is 0.464 e. The molecule has 0 spiro atoms. The zero-order chi connectivity index (χ0) is 20.8. The van der Waals surface area contributed by atoms with E-state index in [1.54, 1.807) is 36.1 Å². The molecule has 2 aliphatic rings. The molecule has 0 radical (unpaired) electrons. The van der Waals surface area contributed by atoms with Gasteiger partial charge in [-0.3, -0.25) is 9.59 Å². The van der Waals surface area contributed by atoms with Crippen LogP contribution in [0.2, 0.25) is 0 Å². The number of anilines is 1. The van der Waals surface area contributed by atoms with Crippen LogP contribution in [-0.4, -0.2) is 61.0 Å². The lowest BCUT2D eigenvalue weighted by Crippen LogP contribution is -2.50. The molecule has 8 nitrogen and oxygen atoms in total. The summed E-state index contributed by atoms with van der Waals surface area (Å²) in [5.74, 6) is -1.37. The predicted molar refractivity (Wildman–Crippen MR) is 104 cm³/mol. The first kappa shape index (κ1) is 20.8.